The molecule has 0 spiro atoms. The van der Waals surface area contributed by atoms with E-state index < -0.39 is 0 Å². The molecule has 1 N–H and O–H groups in total. The second kappa shape index (κ2) is 7.80. The normalized spacial score (nSPS) is 17.1. The molecule has 1 aliphatic rings. The largest absolute Gasteiger partial charge is 0.380 e. The van der Waals surface area contributed by atoms with Crippen LogP contribution in [0.2, 0.25) is 5.02 Å². The molecule has 1 aliphatic heterocycles. The number of aryl methyl sites for hydroxylation is 1. The van der Waals surface area contributed by atoms with Crippen molar-refractivity contribution >= 4 is 17.3 Å². The number of likely N-dealkylation sites (tertiary alicyclic amines) is 1. The number of hydrogen-bond donors (Lipinski definition) is 1. The molecule has 5 nitrogen and oxygen atoms in total. The summed E-state index contributed by atoms with van der Waals surface area (Å²) in [6.07, 6.45) is 5.90. The minimum atomic E-state index is -0.202. The first-order chi connectivity index (χ1) is 10.2. The highest BCUT2D eigenvalue weighted by Crippen LogP contribution is 2.20. The molecular formula is C15H25ClN4O. The predicted molar refractivity (Wildman–Crippen MR) is 87.2 cm³/mol. The first kappa shape index (κ1) is 16.3. The summed E-state index contributed by atoms with van der Waals surface area (Å²) in [4.78, 5) is 14.6. The summed E-state index contributed by atoms with van der Waals surface area (Å²) in [6.45, 7) is 8.20. The van der Waals surface area contributed by atoms with Crippen molar-refractivity contribution in [2.45, 2.75) is 52.1 Å². The van der Waals surface area contributed by atoms with Crippen molar-refractivity contribution in [3.8, 4) is 0 Å². The maximum absolute atomic E-state index is 12.1. The lowest BCUT2D eigenvalue weighted by Crippen LogP contribution is -2.39. The molecule has 0 radical (unpaired) electrons. The van der Waals surface area contributed by atoms with Gasteiger partial charge in [-0.15, -0.1) is 0 Å². The van der Waals surface area contributed by atoms with E-state index in [1.165, 1.54) is 17.6 Å². The molecule has 2 rings (SSSR count). The topological polar surface area (TPSA) is 50.2 Å². The van der Waals surface area contributed by atoms with E-state index in [2.05, 4.69) is 22.2 Å². The second-order valence-electron chi connectivity index (χ2n) is 5.66. The molecule has 0 aromatic carbocycles. The van der Waals surface area contributed by atoms with Crippen molar-refractivity contribution in [2.75, 3.05) is 25.0 Å². The van der Waals surface area contributed by atoms with Gasteiger partial charge in [-0.1, -0.05) is 25.4 Å². The van der Waals surface area contributed by atoms with Crippen LogP contribution < -0.4 is 10.9 Å². The Bertz CT molecular complexity index is 509. The lowest BCUT2D eigenvalue weighted by molar-refractivity contribution is 0.219. The summed E-state index contributed by atoms with van der Waals surface area (Å²) < 4.78 is 1.43. The number of anilines is 1. The third kappa shape index (κ3) is 4.20. The van der Waals surface area contributed by atoms with E-state index in [0.29, 0.717) is 18.3 Å². The zero-order valence-electron chi connectivity index (χ0n) is 12.9. The number of nitrogens with one attached hydrogen (secondary N) is 1. The highest BCUT2D eigenvalue weighted by molar-refractivity contribution is 6.32. The van der Waals surface area contributed by atoms with E-state index in [1.54, 1.807) is 6.20 Å². The minimum Gasteiger partial charge on any atom is -0.380 e. The van der Waals surface area contributed by atoms with Crippen LogP contribution in [-0.4, -0.2) is 40.4 Å². The van der Waals surface area contributed by atoms with Crippen molar-refractivity contribution in [1.29, 1.82) is 0 Å². The molecule has 2 heterocycles. The SMILES string of the molecule is CCCN1CCC(Nc2cnn(CCC)c(=O)c2Cl)CC1. The van der Waals surface area contributed by atoms with Gasteiger partial charge in [-0.3, -0.25) is 4.79 Å². The van der Waals surface area contributed by atoms with Gasteiger partial charge in [0.2, 0.25) is 0 Å². The Hall–Kier alpha value is -1.07. The molecule has 0 aliphatic carbocycles. The van der Waals surface area contributed by atoms with Gasteiger partial charge in [0, 0.05) is 25.7 Å². The number of hydrogen-bond acceptors (Lipinski definition) is 4. The fraction of sp³-hybridized carbons (Fsp3) is 0.733. The van der Waals surface area contributed by atoms with Crippen molar-refractivity contribution < 1.29 is 0 Å². The zero-order valence-corrected chi connectivity index (χ0v) is 13.7. The van der Waals surface area contributed by atoms with E-state index in [1.807, 2.05) is 6.92 Å². The van der Waals surface area contributed by atoms with Gasteiger partial charge < -0.3 is 10.2 Å². The predicted octanol–water partition coefficient (Wildman–Crippen LogP) is 2.59. The fourth-order valence-electron chi connectivity index (χ4n) is 2.77. The van der Waals surface area contributed by atoms with Crippen LogP contribution in [0, 0.1) is 0 Å². The Kier molecular flexibility index (Phi) is 6.06. The highest BCUT2D eigenvalue weighted by Gasteiger charge is 2.20. The number of rotatable bonds is 6. The van der Waals surface area contributed by atoms with Crippen molar-refractivity contribution in [3.63, 3.8) is 0 Å². The summed E-state index contributed by atoms with van der Waals surface area (Å²) in [5.41, 5.74) is 0.467. The Labute approximate surface area is 131 Å². The third-order valence-corrected chi connectivity index (χ3v) is 4.27. The van der Waals surface area contributed by atoms with Gasteiger partial charge in [-0.05, 0) is 32.2 Å². The Balaban J connectivity index is 1.98. The van der Waals surface area contributed by atoms with E-state index in [4.69, 9.17) is 11.6 Å². The van der Waals surface area contributed by atoms with Crippen LogP contribution in [0.25, 0.3) is 0 Å². The lowest BCUT2D eigenvalue weighted by Gasteiger charge is -2.32. The summed E-state index contributed by atoms with van der Waals surface area (Å²) in [7, 11) is 0. The van der Waals surface area contributed by atoms with Crippen LogP contribution in [0.4, 0.5) is 5.69 Å². The van der Waals surface area contributed by atoms with E-state index in [-0.39, 0.29) is 10.6 Å². The molecule has 1 saturated heterocycles. The van der Waals surface area contributed by atoms with Gasteiger partial charge in [-0.25, -0.2) is 4.68 Å². The highest BCUT2D eigenvalue weighted by atomic mass is 35.5. The maximum Gasteiger partial charge on any atom is 0.287 e. The fourth-order valence-corrected chi connectivity index (χ4v) is 2.97. The van der Waals surface area contributed by atoms with Gasteiger partial charge in [0.05, 0.1) is 11.9 Å². The Morgan fingerprint density at radius 3 is 2.57 bits per heavy atom. The van der Waals surface area contributed by atoms with Crippen LogP contribution in [0.3, 0.4) is 0 Å². The van der Waals surface area contributed by atoms with Gasteiger partial charge >= 0.3 is 0 Å². The number of aromatic nitrogens is 2. The molecule has 0 saturated carbocycles. The molecule has 0 amide bonds. The quantitative estimate of drug-likeness (QED) is 0.877. The van der Waals surface area contributed by atoms with Gasteiger partial charge in [-0.2, -0.15) is 5.10 Å². The van der Waals surface area contributed by atoms with E-state index in [9.17, 15) is 4.79 Å². The second-order valence-corrected chi connectivity index (χ2v) is 6.04. The summed E-state index contributed by atoms with van der Waals surface area (Å²) >= 11 is 6.19. The van der Waals surface area contributed by atoms with Crippen LogP contribution in [-0.2, 0) is 6.54 Å². The van der Waals surface area contributed by atoms with Crippen molar-refractivity contribution in [2.24, 2.45) is 0 Å². The molecule has 0 bridgehead atoms. The molecule has 6 heteroatoms. The first-order valence-corrected chi connectivity index (χ1v) is 8.28. The average molecular weight is 313 g/mol. The summed E-state index contributed by atoms with van der Waals surface area (Å²) in [5, 5.41) is 7.83. The van der Waals surface area contributed by atoms with Gasteiger partial charge in [0.25, 0.3) is 5.56 Å². The van der Waals surface area contributed by atoms with E-state index >= 15 is 0 Å². The van der Waals surface area contributed by atoms with Crippen molar-refractivity contribution in [1.82, 2.24) is 14.7 Å². The summed E-state index contributed by atoms with van der Waals surface area (Å²) in [6, 6.07) is 0.374. The molecule has 0 unspecified atom stereocenters. The minimum absolute atomic E-state index is 0.202. The number of halogens is 1. The van der Waals surface area contributed by atoms with E-state index in [0.717, 1.165) is 32.4 Å². The molecule has 21 heavy (non-hydrogen) atoms. The molecular weight excluding hydrogens is 288 g/mol. The monoisotopic (exact) mass is 312 g/mol. The number of nitrogens with zero attached hydrogens (tertiary/aromatic N) is 3. The Morgan fingerprint density at radius 1 is 1.29 bits per heavy atom. The van der Waals surface area contributed by atoms with Gasteiger partial charge in [0.1, 0.15) is 5.02 Å². The van der Waals surface area contributed by atoms with Crippen LogP contribution >= 0.6 is 11.6 Å². The molecule has 1 aromatic heterocycles. The molecule has 0 atom stereocenters. The average Bonchev–Trinajstić information content (AvgIpc) is 2.49. The molecule has 118 valence electrons. The third-order valence-electron chi connectivity index (χ3n) is 3.91. The standard InChI is InChI=1S/C15H25ClN4O/c1-3-7-19-9-5-12(6-10-19)18-13-11-17-20(8-4-2)15(21)14(13)16/h11-12,18H,3-10H2,1-2H3. The maximum atomic E-state index is 12.1. The van der Waals surface area contributed by atoms with Gasteiger partial charge in [0.15, 0.2) is 0 Å². The first-order valence-electron chi connectivity index (χ1n) is 7.90. The van der Waals surface area contributed by atoms with Crippen molar-refractivity contribution in [3.05, 3.63) is 21.6 Å². The zero-order chi connectivity index (χ0) is 15.2. The Morgan fingerprint density at radius 2 is 1.95 bits per heavy atom. The van der Waals surface area contributed by atoms with Crippen LogP contribution in [0.15, 0.2) is 11.0 Å². The molecule has 1 fully saturated rings. The van der Waals surface area contributed by atoms with Crippen LogP contribution in [0.5, 0.6) is 0 Å². The lowest BCUT2D eigenvalue weighted by atomic mass is 10.0. The summed E-state index contributed by atoms with van der Waals surface area (Å²) in [5.74, 6) is 0. The number of piperidine rings is 1. The smallest absolute Gasteiger partial charge is 0.287 e. The van der Waals surface area contributed by atoms with Crippen LogP contribution in [0.1, 0.15) is 39.5 Å². The molecule has 1 aromatic rings.